The Balaban J connectivity index is 1.95. The van der Waals surface area contributed by atoms with E-state index in [2.05, 4.69) is 88.9 Å². The Hall–Kier alpha value is -1.82. The van der Waals surface area contributed by atoms with E-state index >= 15 is 0 Å². The molecule has 0 unspecified atom stereocenters. The van der Waals surface area contributed by atoms with Gasteiger partial charge in [-0.05, 0) is 73.4 Å². The molecule has 1 aromatic heterocycles. The number of aromatic nitrogens is 2. The summed E-state index contributed by atoms with van der Waals surface area (Å²) in [6.45, 7) is 5.31. The highest BCUT2D eigenvalue weighted by atomic mass is 127. The summed E-state index contributed by atoms with van der Waals surface area (Å²) in [6, 6.07) is 15.1. The quantitative estimate of drug-likeness (QED) is 0.530. The lowest BCUT2D eigenvalue weighted by Crippen LogP contribution is -2.08. The molecule has 4 heteroatoms. The number of benzene rings is 2. The van der Waals surface area contributed by atoms with Gasteiger partial charge in [-0.3, -0.25) is 0 Å². The highest BCUT2D eigenvalue weighted by Gasteiger charge is 2.23. The summed E-state index contributed by atoms with van der Waals surface area (Å²) in [5.41, 5.74) is 7.40. The Morgan fingerprint density at radius 2 is 1.92 bits per heavy atom. The average molecular weight is 443 g/mol. The van der Waals surface area contributed by atoms with Crippen LogP contribution in [0.15, 0.2) is 42.5 Å². The number of nitrogens with one attached hydrogen (secondary N) is 1. The van der Waals surface area contributed by atoms with Crippen molar-refractivity contribution in [1.82, 2.24) is 9.78 Å². The molecule has 0 spiro atoms. The maximum Gasteiger partial charge on any atom is 0.133 e. The van der Waals surface area contributed by atoms with Crippen molar-refractivity contribution in [1.29, 1.82) is 0 Å². The third kappa shape index (κ3) is 3.08. The normalized spacial score (nSPS) is 13.9. The van der Waals surface area contributed by atoms with Gasteiger partial charge < -0.3 is 5.32 Å². The fourth-order valence-electron chi connectivity index (χ4n) is 3.59. The van der Waals surface area contributed by atoms with E-state index in [0.29, 0.717) is 0 Å². The molecule has 4 rings (SSSR count). The molecule has 0 atom stereocenters. The van der Waals surface area contributed by atoms with E-state index < -0.39 is 0 Å². The molecule has 0 radical (unpaired) electrons. The van der Waals surface area contributed by atoms with Gasteiger partial charge in [0.15, 0.2) is 0 Å². The zero-order valence-corrected chi connectivity index (χ0v) is 16.8. The predicted molar refractivity (Wildman–Crippen MR) is 113 cm³/mol. The second-order valence-electron chi connectivity index (χ2n) is 6.74. The summed E-state index contributed by atoms with van der Waals surface area (Å²) < 4.78 is 3.37. The highest BCUT2D eigenvalue weighted by molar-refractivity contribution is 14.1. The van der Waals surface area contributed by atoms with Crippen LogP contribution in [0.3, 0.4) is 0 Å². The van der Waals surface area contributed by atoms with Crippen LogP contribution in [0.25, 0.3) is 16.9 Å². The van der Waals surface area contributed by atoms with E-state index in [1.165, 1.54) is 44.5 Å². The molecule has 0 bridgehead atoms. The molecular formula is C21H22IN3. The van der Waals surface area contributed by atoms with Gasteiger partial charge in [0.25, 0.3) is 0 Å². The lowest BCUT2D eigenvalue weighted by atomic mass is 10.0. The number of halogens is 1. The van der Waals surface area contributed by atoms with Gasteiger partial charge in [-0.25, -0.2) is 4.68 Å². The van der Waals surface area contributed by atoms with E-state index in [1.54, 1.807) is 0 Å². The SMILES string of the molecule is Cc1ccc(-n2nc(-c3ccccc3I)c3c2NCCCC3)c(C)c1. The Morgan fingerprint density at radius 3 is 2.72 bits per heavy atom. The minimum Gasteiger partial charge on any atom is -0.370 e. The van der Waals surface area contributed by atoms with E-state index in [9.17, 15) is 0 Å². The van der Waals surface area contributed by atoms with Crippen molar-refractivity contribution in [3.63, 3.8) is 0 Å². The molecule has 1 aliphatic heterocycles. The van der Waals surface area contributed by atoms with Crippen molar-refractivity contribution < 1.29 is 0 Å². The number of nitrogens with zero attached hydrogens (tertiary/aromatic N) is 2. The van der Waals surface area contributed by atoms with Gasteiger partial charge in [0.2, 0.25) is 0 Å². The third-order valence-corrected chi connectivity index (χ3v) is 5.78. The summed E-state index contributed by atoms with van der Waals surface area (Å²) in [4.78, 5) is 0. The van der Waals surface area contributed by atoms with Crippen LogP contribution >= 0.6 is 22.6 Å². The summed E-state index contributed by atoms with van der Waals surface area (Å²) in [6.07, 6.45) is 3.48. The van der Waals surface area contributed by atoms with Crippen molar-refractivity contribution in [2.24, 2.45) is 0 Å². The molecule has 0 saturated heterocycles. The Kier molecular flexibility index (Phi) is 4.54. The summed E-state index contributed by atoms with van der Waals surface area (Å²) in [5, 5.41) is 8.72. The van der Waals surface area contributed by atoms with E-state index in [-0.39, 0.29) is 0 Å². The number of anilines is 1. The van der Waals surface area contributed by atoms with E-state index in [0.717, 1.165) is 24.3 Å². The summed E-state index contributed by atoms with van der Waals surface area (Å²) in [5.74, 6) is 1.17. The molecule has 3 aromatic rings. The van der Waals surface area contributed by atoms with Gasteiger partial charge in [0.05, 0.1) is 11.4 Å². The van der Waals surface area contributed by atoms with Crippen LogP contribution in [-0.2, 0) is 6.42 Å². The van der Waals surface area contributed by atoms with Crippen LogP contribution in [0.1, 0.15) is 29.5 Å². The van der Waals surface area contributed by atoms with Crippen molar-refractivity contribution >= 4 is 28.4 Å². The topological polar surface area (TPSA) is 29.9 Å². The van der Waals surface area contributed by atoms with Gasteiger partial charge >= 0.3 is 0 Å². The zero-order chi connectivity index (χ0) is 17.4. The minimum absolute atomic E-state index is 1.01. The largest absolute Gasteiger partial charge is 0.370 e. The molecule has 0 amide bonds. The predicted octanol–water partition coefficient (Wildman–Crippen LogP) is 5.51. The number of hydrogen-bond donors (Lipinski definition) is 1. The maximum atomic E-state index is 5.07. The lowest BCUT2D eigenvalue weighted by Gasteiger charge is -2.12. The van der Waals surface area contributed by atoms with Gasteiger partial charge in [0.1, 0.15) is 5.82 Å². The number of fused-ring (bicyclic) bond motifs is 1. The van der Waals surface area contributed by atoms with Crippen molar-refractivity contribution in [3.05, 3.63) is 62.7 Å². The summed E-state index contributed by atoms with van der Waals surface area (Å²) >= 11 is 2.41. The first kappa shape index (κ1) is 16.6. The Morgan fingerprint density at radius 1 is 1.08 bits per heavy atom. The average Bonchev–Trinajstić information content (AvgIpc) is 2.78. The van der Waals surface area contributed by atoms with Crippen LogP contribution < -0.4 is 5.32 Å². The molecule has 1 N–H and O–H groups in total. The van der Waals surface area contributed by atoms with Crippen LogP contribution in [0.5, 0.6) is 0 Å². The maximum absolute atomic E-state index is 5.07. The number of hydrogen-bond acceptors (Lipinski definition) is 2. The molecule has 25 heavy (non-hydrogen) atoms. The monoisotopic (exact) mass is 443 g/mol. The molecule has 2 heterocycles. The zero-order valence-electron chi connectivity index (χ0n) is 14.6. The van der Waals surface area contributed by atoms with E-state index in [1.807, 2.05) is 0 Å². The molecule has 128 valence electrons. The first-order valence-corrected chi connectivity index (χ1v) is 9.91. The summed E-state index contributed by atoms with van der Waals surface area (Å²) in [7, 11) is 0. The Bertz CT molecular complexity index is 927. The minimum atomic E-state index is 1.01. The Labute approximate surface area is 162 Å². The second-order valence-corrected chi connectivity index (χ2v) is 7.90. The molecule has 0 fully saturated rings. The van der Waals surface area contributed by atoms with Crippen LogP contribution in [0, 0.1) is 17.4 Å². The van der Waals surface area contributed by atoms with Crippen molar-refractivity contribution in [3.8, 4) is 16.9 Å². The third-order valence-electron chi connectivity index (χ3n) is 4.84. The smallest absolute Gasteiger partial charge is 0.133 e. The van der Waals surface area contributed by atoms with Crippen molar-refractivity contribution in [2.45, 2.75) is 33.1 Å². The van der Waals surface area contributed by atoms with Gasteiger partial charge in [-0.1, -0.05) is 35.9 Å². The van der Waals surface area contributed by atoms with Crippen LogP contribution in [0.2, 0.25) is 0 Å². The fourth-order valence-corrected chi connectivity index (χ4v) is 4.23. The molecule has 0 saturated carbocycles. The van der Waals surface area contributed by atoms with E-state index in [4.69, 9.17) is 5.10 Å². The lowest BCUT2D eigenvalue weighted by molar-refractivity contribution is 0.779. The fraction of sp³-hybridized carbons (Fsp3) is 0.286. The van der Waals surface area contributed by atoms with Crippen molar-refractivity contribution in [2.75, 3.05) is 11.9 Å². The van der Waals surface area contributed by atoms with Crippen LogP contribution in [0.4, 0.5) is 5.82 Å². The molecular weight excluding hydrogens is 421 g/mol. The van der Waals surface area contributed by atoms with Gasteiger partial charge in [-0.15, -0.1) is 0 Å². The molecule has 2 aromatic carbocycles. The number of aryl methyl sites for hydroxylation is 2. The number of rotatable bonds is 2. The first-order chi connectivity index (χ1) is 12.1. The molecule has 1 aliphatic rings. The van der Waals surface area contributed by atoms with Gasteiger partial charge in [0, 0.05) is 21.2 Å². The highest BCUT2D eigenvalue weighted by Crippen LogP contribution is 2.36. The first-order valence-electron chi connectivity index (χ1n) is 8.83. The van der Waals surface area contributed by atoms with Gasteiger partial charge in [-0.2, -0.15) is 5.10 Å². The van der Waals surface area contributed by atoms with Crippen LogP contribution in [-0.4, -0.2) is 16.3 Å². The standard InChI is InChI=1S/C21H22IN3/c1-14-10-11-19(15(2)13-14)25-21-17(8-5-6-12-23-21)20(24-25)16-7-3-4-9-18(16)22/h3-4,7,9-11,13,23H,5-6,8,12H2,1-2H3. The molecule has 0 aliphatic carbocycles. The molecule has 3 nitrogen and oxygen atoms in total. The second kappa shape index (κ2) is 6.83.